The molecule has 1 unspecified atom stereocenters. The molecule has 4 nitrogen and oxygen atoms in total. The van der Waals surface area contributed by atoms with E-state index in [-0.39, 0.29) is 0 Å². The monoisotopic (exact) mass is 323 g/mol. The lowest BCUT2D eigenvalue weighted by Crippen LogP contribution is -2.24. The van der Waals surface area contributed by atoms with Gasteiger partial charge in [0.05, 0.1) is 6.61 Å². The summed E-state index contributed by atoms with van der Waals surface area (Å²) in [7, 11) is 0. The zero-order valence-electron chi connectivity index (χ0n) is 12.4. The Balaban J connectivity index is 1.99. The Bertz CT molecular complexity index is 502. The van der Waals surface area contributed by atoms with Crippen molar-refractivity contribution in [3.05, 3.63) is 36.2 Å². The molecule has 0 aliphatic carbocycles. The van der Waals surface area contributed by atoms with Crippen LogP contribution in [0.2, 0.25) is 0 Å². The van der Waals surface area contributed by atoms with Crippen molar-refractivity contribution in [3.8, 4) is 5.75 Å². The molecule has 1 atom stereocenters. The number of hydrogen-bond acceptors (Lipinski definition) is 6. The van der Waals surface area contributed by atoms with Gasteiger partial charge in [0, 0.05) is 11.8 Å². The van der Waals surface area contributed by atoms with Crippen molar-refractivity contribution in [2.75, 3.05) is 18.9 Å². The second kappa shape index (κ2) is 9.02. The molecule has 0 amide bonds. The summed E-state index contributed by atoms with van der Waals surface area (Å²) in [4.78, 5) is 4.22. The number of nitrogens with zero attached hydrogens (tertiary/aromatic N) is 2. The zero-order valence-corrected chi connectivity index (χ0v) is 14.0. The van der Waals surface area contributed by atoms with Gasteiger partial charge in [0.15, 0.2) is 4.34 Å². The van der Waals surface area contributed by atoms with Gasteiger partial charge in [-0.3, -0.25) is 0 Å². The molecular weight excluding hydrogens is 302 g/mol. The van der Waals surface area contributed by atoms with Crippen LogP contribution in [0.25, 0.3) is 0 Å². The third kappa shape index (κ3) is 5.30. The second-order valence-corrected chi connectivity index (χ2v) is 6.57. The van der Waals surface area contributed by atoms with E-state index in [1.54, 1.807) is 18.1 Å². The summed E-state index contributed by atoms with van der Waals surface area (Å²) in [6, 6.07) is 8.66. The first-order chi connectivity index (χ1) is 10.3. The van der Waals surface area contributed by atoms with Crippen LogP contribution in [0.1, 0.15) is 31.9 Å². The van der Waals surface area contributed by atoms with Crippen molar-refractivity contribution in [2.24, 2.45) is 0 Å². The fourth-order valence-electron chi connectivity index (χ4n) is 1.94. The summed E-state index contributed by atoms with van der Waals surface area (Å²) >= 11 is 3.19. The lowest BCUT2D eigenvalue weighted by atomic mass is 10.1. The van der Waals surface area contributed by atoms with Crippen molar-refractivity contribution in [1.82, 2.24) is 14.7 Å². The van der Waals surface area contributed by atoms with Crippen LogP contribution in [0, 0.1) is 0 Å². The van der Waals surface area contributed by atoms with Gasteiger partial charge in [-0.05, 0) is 49.1 Å². The first kappa shape index (κ1) is 16.3. The molecule has 0 aliphatic heterocycles. The van der Waals surface area contributed by atoms with E-state index in [9.17, 15) is 0 Å². The van der Waals surface area contributed by atoms with E-state index in [0.29, 0.717) is 12.6 Å². The number of hydrogen-bond donors (Lipinski definition) is 1. The van der Waals surface area contributed by atoms with Gasteiger partial charge in [0.1, 0.15) is 12.1 Å². The average molecular weight is 323 g/mol. The minimum absolute atomic E-state index is 0.314. The van der Waals surface area contributed by atoms with Gasteiger partial charge in [0.25, 0.3) is 0 Å². The Morgan fingerprint density at radius 2 is 2.10 bits per heavy atom. The minimum Gasteiger partial charge on any atom is -0.494 e. The maximum atomic E-state index is 5.50. The molecule has 0 saturated carbocycles. The molecule has 0 fully saturated rings. The molecule has 0 radical (unpaired) electrons. The summed E-state index contributed by atoms with van der Waals surface area (Å²) < 4.78 is 10.6. The largest absolute Gasteiger partial charge is 0.494 e. The lowest BCUT2D eigenvalue weighted by Gasteiger charge is -2.18. The zero-order chi connectivity index (χ0) is 14.9. The fourth-order valence-corrected chi connectivity index (χ4v) is 3.50. The van der Waals surface area contributed by atoms with Crippen LogP contribution < -0.4 is 10.1 Å². The predicted molar refractivity (Wildman–Crippen MR) is 89.3 cm³/mol. The first-order valence-corrected chi connectivity index (χ1v) is 8.95. The molecule has 21 heavy (non-hydrogen) atoms. The van der Waals surface area contributed by atoms with Gasteiger partial charge in [-0.25, -0.2) is 4.98 Å². The third-order valence-electron chi connectivity index (χ3n) is 2.95. The Labute approximate surface area is 134 Å². The lowest BCUT2D eigenvalue weighted by molar-refractivity contribution is 0.340. The van der Waals surface area contributed by atoms with Gasteiger partial charge < -0.3 is 10.1 Å². The van der Waals surface area contributed by atoms with Crippen LogP contribution in [0.15, 0.2) is 34.9 Å². The van der Waals surface area contributed by atoms with Crippen molar-refractivity contribution in [3.63, 3.8) is 0 Å². The van der Waals surface area contributed by atoms with Crippen molar-refractivity contribution in [1.29, 1.82) is 0 Å². The van der Waals surface area contributed by atoms with Crippen molar-refractivity contribution in [2.45, 2.75) is 30.6 Å². The van der Waals surface area contributed by atoms with Crippen molar-refractivity contribution < 1.29 is 4.74 Å². The molecule has 1 N–H and O–H groups in total. The van der Waals surface area contributed by atoms with Crippen LogP contribution in [0.4, 0.5) is 0 Å². The quantitative estimate of drug-likeness (QED) is 0.712. The van der Waals surface area contributed by atoms with E-state index in [1.807, 2.05) is 19.1 Å². The van der Waals surface area contributed by atoms with Crippen molar-refractivity contribution >= 4 is 23.3 Å². The maximum absolute atomic E-state index is 5.50. The summed E-state index contributed by atoms with van der Waals surface area (Å²) in [5.74, 6) is 1.87. The molecule has 0 aliphatic rings. The summed E-state index contributed by atoms with van der Waals surface area (Å²) in [5, 5.41) is 3.59. The van der Waals surface area contributed by atoms with Gasteiger partial charge >= 0.3 is 0 Å². The van der Waals surface area contributed by atoms with E-state index in [4.69, 9.17) is 4.74 Å². The average Bonchev–Trinajstić information content (AvgIpc) is 3.02. The molecule has 1 aromatic carbocycles. The van der Waals surface area contributed by atoms with E-state index in [0.717, 1.165) is 28.8 Å². The van der Waals surface area contributed by atoms with Crippen LogP contribution in [0.5, 0.6) is 5.75 Å². The second-order valence-electron chi connectivity index (χ2n) is 4.53. The highest BCUT2D eigenvalue weighted by Gasteiger charge is 2.12. The van der Waals surface area contributed by atoms with E-state index in [2.05, 4.69) is 33.7 Å². The number of benzene rings is 1. The summed E-state index contributed by atoms with van der Waals surface area (Å²) in [6.45, 7) is 5.89. The molecule has 2 aromatic rings. The molecule has 2 rings (SSSR count). The van der Waals surface area contributed by atoms with Gasteiger partial charge in [0.2, 0.25) is 0 Å². The fraction of sp³-hybridized carbons (Fsp3) is 0.467. The Hall–Kier alpha value is -1.11. The molecule has 0 saturated heterocycles. The van der Waals surface area contributed by atoms with E-state index < -0.39 is 0 Å². The molecule has 0 spiro atoms. The molecule has 114 valence electrons. The third-order valence-corrected chi connectivity index (χ3v) is 4.84. The Morgan fingerprint density at radius 3 is 2.71 bits per heavy atom. The van der Waals surface area contributed by atoms with E-state index in [1.165, 1.54) is 17.1 Å². The Kier molecular flexibility index (Phi) is 6.99. The molecule has 0 bridgehead atoms. The number of thioether (sulfide) groups is 1. The predicted octanol–water partition coefficient (Wildman–Crippen LogP) is 3.77. The Morgan fingerprint density at radius 1 is 1.29 bits per heavy atom. The summed E-state index contributed by atoms with van der Waals surface area (Å²) in [5.41, 5.74) is 1.28. The number of rotatable bonds is 9. The highest BCUT2D eigenvalue weighted by molar-refractivity contribution is 8.00. The SMILES string of the molecule is CCCNC(CSc1ncns1)c1ccc(OCC)cc1. The molecule has 1 aromatic heterocycles. The smallest absolute Gasteiger partial charge is 0.169 e. The standard InChI is InChI=1S/C15H21N3OS2/c1-3-9-16-14(10-20-15-17-11-18-21-15)12-5-7-13(8-6-12)19-4-2/h5-8,11,14,16H,3-4,9-10H2,1-2H3. The van der Waals surface area contributed by atoms with Crippen LogP contribution in [-0.2, 0) is 0 Å². The van der Waals surface area contributed by atoms with E-state index >= 15 is 0 Å². The van der Waals surface area contributed by atoms with Gasteiger partial charge in [-0.1, -0.05) is 30.8 Å². The van der Waals surface area contributed by atoms with Crippen LogP contribution in [0.3, 0.4) is 0 Å². The highest BCUT2D eigenvalue weighted by Crippen LogP contribution is 2.26. The highest BCUT2D eigenvalue weighted by atomic mass is 32.2. The molecule has 1 heterocycles. The van der Waals surface area contributed by atoms with Crippen LogP contribution >= 0.6 is 23.3 Å². The maximum Gasteiger partial charge on any atom is 0.169 e. The normalized spacial score (nSPS) is 12.3. The van der Waals surface area contributed by atoms with Gasteiger partial charge in [-0.15, -0.1) is 0 Å². The minimum atomic E-state index is 0.314. The van der Waals surface area contributed by atoms with Crippen LogP contribution in [-0.4, -0.2) is 28.3 Å². The number of aromatic nitrogens is 2. The topological polar surface area (TPSA) is 47.0 Å². The first-order valence-electron chi connectivity index (χ1n) is 7.19. The van der Waals surface area contributed by atoms with Gasteiger partial charge in [-0.2, -0.15) is 4.37 Å². The summed E-state index contributed by atoms with van der Waals surface area (Å²) in [6.07, 6.45) is 2.73. The molecular formula is C15H21N3OS2. The number of nitrogens with one attached hydrogen (secondary N) is 1. The molecule has 6 heteroatoms. The number of ether oxygens (including phenoxy) is 1.